The Morgan fingerprint density at radius 1 is 1.15 bits per heavy atom. The Labute approximate surface area is 158 Å². The van der Waals surface area contributed by atoms with Crippen molar-refractivity contribution in [2.24, 2.45) is 0 Å². The molecule has 0 saturated carbocycles. The van der Waals surface area contributed by atoms with E-state index in [4.69, 9.17) is 16.3 Å². The summed E-state index contributed by atoms with van der Waals surface area (Å²) in [6, 6.07) is 10.9. The van der Waals surface area contributed by atoms with E-state index in [2.05, 4.69) is 5.32 Å². The molecule has 0 aliphatic carbocycles. The molecule has 2 amide bonds. The van der Waals surface area contributed by atoms with Gasteiger partial charge in [0.1, 0.15) is 5.75 Å². The second-order valence-corrected chi connectivity index (χ2v) is 6.52. The lowest BCUT2D eigenvalue weighted by Gasteiger charge is -2.23. The number of methoxy groups -OCH3 is 1. The Hall–Kier alpha value is -2.53. The zero-order chi connectivity index (χ0) is 19.3. The summed E-state index contributed by atoms with van der Waals surface area (Å²) in [6.45, 7) is 5.56. The fourth-order valence-electron chi connectivity index (χ4n) is 2.57. The molecule has 26 heavy (non-hydrogen) atoms. The predicted molar refractivity (Wildman–Crippen MR) is 105 cm³/mol. The number of carbonyl (C=O) groups is 2. The molecule has 0 heterocycles. The number of rotatable bonds is 6. The normalized spacial score (nSPS) is 10.3. The number of halogens is 1. The zero-order valence-corrected chi connectivity index (χ0v) is 16.2. The smallest absolute Gasteiger partial charge is 0.226 e. The van der Waals surface area contributed by atoms with Crippen molar-refractivity contribution < 1.29 is 14.3 Å². The van der Waals surface area contributed by atoms with Crippen molar-refractivity contribution in [2.45, 2.75) is 27.2 Å². The molecule has 6 heteroatoms. The Kier molecular flexibility index (Phi) is 6.64. The lowest BCUT2D eigenvalue weighted by Crippen LogP contribution is -2.32. The third-order valence-corrected chi connectivity index (χ3v) is 4.43. The third kappa shape index (κ3) is 4.99. The monoisotopic (exact) mass is 374 g/mol. The SMILES string of the molecule is COc1ccc(C)cc1N(CCC(=O)Nc1ccc(C)c(Cl)c1)C(C)=O. The molecule has 2 aromatic rings. The highest BCUT2D eigenvalue weighted by atomic mass is 35.5. The predicted octanol–water partition coefficient (Wildman–Crippen LogP) is 4.35. The molecule has 138 valence electrons. The van der Waals surface area contributed by atoms with Gasteiger partial charge in [0, 0.05) is 30.6 Å². The molecule has 0 saturated heterocycles. The van der Waals surface area contributed by atoms with Crippen molar-refractivity contribution in [3.05, 3.63) is 52.5 Å². The number of carbonyl (C=O) groups excluding carboxylic acids is 2. The first-order valence-corrected chi connectivity index (χ1v) is 8.68. The van der Waals surface area contributed by atoms with Gasteiger partial charge in [-0.15, -0.1) is 0 Å². The minimum absolute atomic E-state index is 0.153. The number of anilines is 2. The number of amides is 2. The first-order valence-electron chi connectivity index (χ1n) is 8.30. The van der Waals surface area contributed by atoms with Crippen molar-refractivity contribution in [3.8, 4) is 5.75 Å². The van der Waals surface area contributed by atoms with Crippen LogP contribution in [0.5, 0.6) is 5.75 Å². The van der Waals surface area contributed by atoms with Gasteiger partial charge in [0.15, 0.2) is 0 Å². The number of hydrogen-bond acceptors (Lipinski definition) is 3. The fourth-order valence-corrected chi connectivity index (χ4v) is 2.75. The molecule has 0 radical (unpaired) electrons. The average molecular weight is 375 g/mol. The van der Waals surface area contributed by atoms with Gasteiger partial charge in [-0.2, -0.15) is 0 Å². The van der Waals surface area contributed by atoms with Gasteiger partial charge in [0.25, 0.3) is 0 Å². The standard InChI is InChI=1S/C20H23ClN2O3/c1-13-5-8-19(26-4)18(11-13)23(15(3)24)10-9-20(25)22-16-7-6-14(2)17(21)12-16/h5-8,11-12H,9-10H2,1-4H3,(H,22,25). The van der Waals surface area contributed by atoms with Crippen molar-refractivity contribution in [1.29, 1.82) is 0 Å². The summed E-state index contributed by atoms with van der Waals surface area (Å²) in [5.41, 5.74) is 3.24. The van der Waals surface area contributed by atoms with E-state index >= 15 is 0 Å². The van der Waals surface area contributed by atoms with Crippen LogP contribution in [0.2, 0.25) is 5.02 Å². The van der Waals surface area contributed by atoms with Gasteiger partial charge >= 0.3 is 0 Å². The van der Waals surface area contributed by atoms with E-state index in [1.165, 1.54) is 6.92 Å². The molecule has 5 nitrogen and oxygen atoms in total. The van der Waals surface area contributed by atoms with Crippen LogP contribution in [-0.4, -0.2) is 25.5 Å². The second-order valence-electron chi connectivity index (χ2n) is 6.11. The van der Waals surface area contributed by atoms with Gasteiger partial charge in [0.05, 0.1) is 12.8 Å². The molecular formula is C20H23ClN2O3. The van der Waals surface area contributed by atoms with Crippen LogP contribution in [0.15, 0.2) is 36.4 Å². The molecule has 0 aliphatic rings. The van der Waals surface area contributed by atoms with E-state index in [0.29, 0.717) is 22.1 Å². The summed E-state index contributed by atoms with van der Waals surface area (Å²) >= 11 is 6.08. The van der Waals surface area contributed by atoms with E-state index in [9.17, 15) is 9.59 Å². The largest absolute Gasteiger partial charge is 0.495 e. The molecule has 0 spiro atoms. The Balaban J connectivity index is 2.09. The Morgan fingerprint density at radius 2 is 1.88 bits per heavy atom. The zero-order valence-electron chi connectivity index (χ0n) is 15.4. The summed E-state index contributed by atoms with van der Waals surface area (Å²) in [5, 5.41) is 3.40. The highest BCUT2D eigenvalue weighted by molar-refractivity contribution is 6.31. The van der Waals surface area contributed by atoms with Gasteiger partial charge in [-0.1, -0.05) is 23.7 Å². The van der Waals surface area contributed by atoms with Gasteiger partial charge in [-0.25, -0.2) is 0 Å². The molecule has 0 aromatic heterocycles. The summed E-state index contributed by atoms with van der Waals surface area (Å²) in [4.78, 5) is 25.9. The molecule has 0 aliphatic heterocycles. The molecule has 2 aromatic carbocycles. The maximum Gasteiger partial charge on any atom is 0.226 e. The Morgan fingerprint density at radius 3 is 2.50 bits per heavy atom. The summed E-state index contributed by atoms with van der Waals surface area (Å²) in [6.07, 6.45) is 0.155. The van der Waals surface area contributed by atoms with E-state index in [0.717, 1.165) is 11.1 Å². The molecule has 0 unspecified atom stereocenters. The second kappa shape index (κ2) is 8.72. The van der Waals surface area contributed by atoms with Gasteiger partial charge in [-0.05, 0) is 49.2 Å². The number of nitrogens with zero attached hydrogens (tertiary/aromatic N) is 1. The van der Waals surface area contributed by atoms with Crippen LogP contribution in [0.25, 0.3) is 0 Å². The highest BCUT2D eigenvalue weighted by Crippen LogP contribution is 2.29. The van der Waals surface area contributed by atoms with E-state index in [1.807, 2.05) is 38.1 Å². The fraction of sp³-hybridized carbons (Fsp3) is 0.300. The first kappa shape index (κ1) is 19.8. The molecule has 2 rings (SSSR count). The molecular weight excluding hydrogens is 352 g/mol. The van der Waals surface area contributed by atoms with Crippen LogP contribution in [0.1, 0.15) is 24.5 Å². The molecule has 0 bridgehead atoms. The lowest BCUT2D eigenvalue weighted by molar-refractivity contribution is -0.117. The van der Waals surface area contributed by atoms with Crippen LogP contribution >= 0.6 is 11.6 Å². The van der Waals surface area contributed by atoms with Crippen molar-refractivity contribution in [2.75, 3.05) is 23.9 Å². The van der Waals surface area contributed by atoms with Crippen molar-refractivity contribution >= 4 is 34.8 Å². The van der Waals surface area contributed by atoms with E-state index in [1.54, 1.807) is 24.1 Å². The van der Waals surface area contributed by atoms with Crippen LogP contribution in [0.3, 0.4) is 0 Å². The maximum absolute atomic E-state index is 12.3. The van der Waals surface area contributed by atoms with Crippen LogP contribution in [0, 0.1) is 13.8 Å². The number of ether oxygens (including phenoxy) is 1. The lowest BCUT2D eigenvalue weighted by atomic mass is 10.1. The number of aryl methyl sites for hydroxylation is 2. The highest BCUT2D eigenvalue weighted by Gasteiger charge is 2.18. The van der Waals surface area contributed by atoms with Gasteiger partial charge in [0.2, 0.25) is 11.8 Å². The maximum atomic E-state index is 12.3. The number of nitrogens with one attached hydrogen (secondary N) is 1. The van der Waals surface area contributed by atoms with Crippen LogP contribution < -0.4 is 15.0 Å². The number of hydrogen-bond donors (Lipinski definition) is 1. The number of benzene rings is 2. The Bertz CT molecular complexity index is 821. The summed E-state index contributed by atoms with van der Waals surface area (Å²) in [7, 11) is 1.56. The van der Waals surface area contributed by atoms with E-state index < -0.39 is 0 Å². The van der Waals surface area contributed by atoms with Crippen molar-refractivity contribution in [1.82, 2.24) is 0 Å². The molecule has 1 N–H and O–H groups in total. The molecule has 0 atom stereocenters. The first-order chi connectivity index (χ1) is 12.3. The topological polar surface area (TPSA) is 58.6 Å². The van der Waals surface area contributed by atoms with Crippen molar-refractivity contribution in [3.63, 3.8) is 0 Å². The quantitative estimate of drug-likeness (QED) is 0.817. The van der Waals surface area contributed by atoms with Gasteiger partial charge < -0.3 is 15.0 Å². The summed E-state index contributed by atoms with van der Waals surface area (Å²) < 4.78 is 5.35. The minimum Gasteiger partial charge on any atom is -0.495 e. The van der Waals surface area contributed by atoms with Crippen LogP contribution in [-0.2, 0) is 9.59 Å². The van der Waals surface area contributed by atoms with Gasteiger partial charge in [-0.3, -0.25) is 9.59 Å². The summed E-state index contributed by atoms with van der Waals surface area (Å²) in [5.74, 6) is 0.249. The van der Waals surface area contributed by atoms with E-state index in [-0.39, 0.29) is 24.8 Å². The minimum atomic E-state index is -0.192. The molecule has 0 fully saturated rings. The van der Waals surface area contributed by atoms with Crippen LogP contribution in [0.4, 0.5) is 11.4 Å². The third-order valence-electron chi connectivity index (χ3n) is 4.02. The average Bonchev–Trinajstić information content (AvgIpc) is 2.58.